The number of carbonyl (C=O) groups excluding carboxylic acids is 1. The molecule has 7 heteroatoms. The van der Waals surface area contributed by atoms with Gasteiger partial charge in [0.1, 0.15) is 18.8 Å². The van der Waals surface area contributed by atoms with Gasteiger partial charge >= 0.3 is 5.97 Å². The molecule has 16 heavy (non-hydrogen) atoms. The van der Waals surface area contributed by atoms with Crippen LogP contribution >= 0.6 is 12.4 Å². The van der Waals surface area contributed by atoms with Gasteiger partial charge in [-0.05, 0) is 0 Å². The predicted octanol–water partition coefficient (Wildman–Crippen LogP) is -2.30. The van der Waals surface area contributed by atoms with Gasteiger partial charge in [-0.3, -0.25) is 0 Å². The number of aromatic amines is 1. The van der Waals surface area contributed by atoms with Crippen LogP contribution < -0.4 is 12.4 Å². The summed E-state index contributed by atoms with van der Waals surface area (Å²) in [5, 5.41) is 0. The van der Waals surface area contributed by atoms with Gasteiger partial charge in [0.25, 0.3) is 0 Å². The molecule has 1 heterocycles. The van der Waals surface area contributed by atoms with Crippen LogP contribution in [0.2, 0.25) is 0 Å². The predicted molar refractivity (Wildman–Crippen MR) is 59.0 cm³/mol. The van der Waals surface area contributed by atoms with E-state index in [-0.39, 0.29) is 30.8 Å². The highest BCUT2D eigenvalue weighted by molar-refractivity contribution is 5.86. The van der Waals surface area contributed by atoms with Crippen molar-refractivity contribution < 1.29 is 26.4 Å². The zero-order valence-corrected chi connectivity index (χ0v) is 11.1. The van der Waals surface area contributed by atoms with Gasteiger partial charge in [-0.15, -0.1) is 12.4 Å². The quantitative estimate of drug-likeness (QED) is 0.494. The Hall–Kier alpha value is -0.780. The second kappa shape index (κ2) is 7.49. The summed E-state index contributed by atoms with van der Waals surface area (Å²) >= 11 is 0. The zero-order valence-electron chi connectivity index (χ0n) is 9.57. The molecule has 5 nitrogen and oxygen atoms in total. The number of aromatic nitrogens is 2. The largest absolute Gasteiger partial charge is 1.00 e. The van der Waals surface area contributed by atoms with Crippen molar-refractivity contribution in [2.24, 2.45) is 0 Å². The van der Waals surface area contributed by atoms with E-state index in [1.165, 1.54) is 12.5 Å². The van der Waals surface area contributed by atoms with E-state index < -0.39 is 0 Å². The van der Waals surface area contributed by atoms with Gasteiger partial charge in [-0.25, -0.2) is 9.78 Å². The number of carbonyl (C=O) groups is 1. The summed E-state index contributed by atoms with van der Waals surface area (Å²) in [6.45, 7) is 1.21. The SMILES string of the molecule is C[N+](C)(C)CCOC(=O)c1cnc[nH]1.Cl.[Cl-]. The Balaban J connectivity index is 0. The molecule has 0 saturated heterocycles. The fourth-order valence-corrected chi connectivity index (χ4v) is 0.857. The Bertz CT molecular complexity index is 296. The van der Waals surface area contributed by atoms with Crippen molar-refractivity contribution in [2.45, 2.75) is 0 Å². The standard InChI is InChI=1S/C9H15N3O2.2ClH/c1-12(2,3)4-5-14-9(13)8-6-10-7-11-8;;/h6-7H,4-5H2,1-3H3;2*1H. The maximum atomic E-state index is 11.3. The van der Waals surface area contributed by atoms with Gasteiger partial charge < -0.3 is 26.6 Å². The van der Waals surface area contributed by atoms with Gasteiger partial charge in [0, 0.05) is 0 Å². The van der Waals surface area contributed by atoms with E-state index in [1.807, 2.05) is 21.1 Å². The second-order valence-electron chi connectivity index (χ2n) is 4.12. The minimum Gasteiger partial charge on any atom is -1.00 e. The Kier molecular flexibility index (Phi) is 8.24. The molecule has 0 unspecified atom stereocenters. The normalized spacial score (nSPS) is 9.94. The number of ether oxygens (including phenoxy) is 1. The van der Waals surface area contributed by atoms with E-state index in [1.54, 1.807) is 0 Å². The van der Waals surface area contributed by atoms with Gasteiger partial charge in [0.2, 0.25) is 0 Å². The third kappa shape index (κ3) is 6.66. The van der Waals surface area contributed by atoms with Crippen molar-refractivity contribution >= 4 is 18.4 Å². The minimum atomic E-state index is -0.351. The molecule has 0 atom stereocenters. The Morgan fingerprint density at radius 1 is 1.50 bits per heavy atom. The van der Waals surface area contributed by atoms with Crippen molar-refractivity contribution in [1.29, 1.82) is 0 Å². The number of nitrogens with zero attached hydrogens (tertiary/aromatic N) is 2. The number of nitrogens with one attached hydrogen (secondary N) is 1. The molecule has 0 spiro atoms. The molecular weight excluding hydrogens is 253 g/mol. The van der Waals surface area contributed by atoms with Crippen LogP contribution in [0.3, 0.4) is 0 Å². The number of likely N-dealkylation sites (N-methyl/N-ethyl adjacent to an activating group) is 1. The Labute approximate surface area is 108 Å². The lowest BCUT2D eigenvalue weighted by Crippen LogP contribution is -3.00. The first-order chi connectivity index (χ1) is 6.49. The molecule has 1 aromatic heterocycles. The van der Waals surface area contributed by atoms with Crippen molar-refractivity contribution in [1.82, 2.24) is 9.97 Å². The number of hydrogen-bond donors (Lipinski definition) is 1. The summed E-state index contributed by atoms with van der Waals surface area (Å²) in [6.07, 6.45) is 2.91. The summed E-state index contributed by atoms with van der Waals surface area (Å²) in [4.78, 5) is 17.7. The lowest BCUT2D eigenvalue weighted by molar-refractivity contribution is -0.870. The van der Waals surface area contributed by atoms with Gasteiger partial charge in [-0.1, -0.05) is 0 Å². The number of halogens is 2. The first kappa shape index (κ1) is 17.6. The smallest absolute Gasteiger partial charge is 0.356 e. The van der Waals surface area contributed by atoms with E-state index in [0.717, 1.165) is 11.0 Å². The molecule has 0 fully saturated rings. The molecule has 0 saturated carbocycles. The number of esters is 1. The average Bonchev–Trinajstić information content (AvgIpc) is 2.53. The van der Waals surface area contributed by atoms with Crippen LogP contribution in [0.4, 0.5) is 0 Å². The minimum absolute atomic E-state index is 0. The monoisotopic (exact) mass is 269 g/mol. The highest BCUT2D eigenvalue weighted by Gasteiger charge is 2.11. The van der Waals surface area contributed by atoms with Crippen LogP contribution in [-0.4, -0.2) is 54.7 Å². The summed E-state index contributed by atoms with van der Waals surface area (Å²) in [5.74, 6) is -0.351. The highest BCUT2D eigenvalue weighted by Crippen LogP contribution is 1.96. The lowest BCUT2D eigenvalue weighted by atomic mass is 10.5. The highest BCUT2D eigenvalue weighted by atomic mass is 35.5. The number of rotatable bonds is 4. The van der Waals surface area contributed by atoms with E-state index in [9.17, 15) is 4.79 Å². The first-order valence-corrected chi connectivity index (χ1v) is 4.45. The number of hydrogen-bond acceptors (Lipinski definition) is 3. The molecule has 0 aliphatic heterocycles. The van der Waals surface area contributed by atoms with Crippen molar-refractivity contribution in [3.05, 3.63) is 18.2 Å². The first-order valence-electron chi connectivity index (χ1n) is 4.45. The molecule has 0 aliphatic carbocycles. The van der Waals surface area contributed by atoms with Crippen molar-refractivity contribution in [3.63, 3.8) is 0 Å². The zero-order chi connectivity index (χ0) is 10.6. The summed E-state index contributed by atoms with van der Waals surface area (Å²) < 4.78 is 5.81. The van der Waals surface area contributed by atoms with Crippen LogP contribution in [-0.2, 0) is 4.74 Å². The summed E-state index contributed by atoms with van der Waals surface area (Å²) in [5.41, 5.74) is 0.395. The maximum absolute atomic E-state index is 11.3. The molecule has 1 N–H and O–H groups in total. The molecule has 0 aliphatic rings. The number of imidazole rings is 1. The molecule has 0 amide bonds. The van der Waals surface area contributed by atoms with E-state index >= 15 is 0 Å². The molecule has 0 radical (unpaired) electrons. The fourth-order valence-electron chi connectivity index (χ4n) is 0.857. The van der Waals surface area contributed by atoms with Gasteiger partial charge in [-0.2, -0.15) is 0 Å². The Morgan fingerprint density at radius 3 is 2.56 bits per heavy atom. The number of quaternary nitrogens is 1. The van der Waals surface area contributed by atoms with E-state index in [2.05, 4.69) is 9.97 Å². The average molecular weight is 270 g/mol. The lowest BCUT2D eigenvalue weighted by Gasteiger charge is -2.23. The fraction of sp³-hybridized carbons (Fsp3) is 0.556. The van der Waals surface area contributed by atoms with Gasteiger partial charge in [0.05, 0.1) is 33.7 Å². The van der Waals surface area contributed by atoms with E-state index in [0.29, 0.717) is 12.3 Å². The van der Waals surface area contributed by atoms with Gasteiger partial charge in [0.15, 0.2) is 0 Å². The van der Waals surface area contributed by atoms with Crippen molar-refractivity contribution in [2.75, 3.05) is 34.3 Å². The molecular formula is C9H17Cl2N3O2. The van der Waals surface area contributed by atoms with Crippen LogP contribution in [0.5, 0.6) is 0 Å². The van der Waals surface area contributed by atoms with Crippen LogP contribution in [0.25, 0.3) is 0 Å². The number of H-pyrrole nitrogens is 1. The van der Waals surface area contributed by atoms with Crippen molar-refractivity contribution in [3.8, 4) is 0 Å². The second-order valence-corrected chi connectivity index (χ2v) is 4.12. The Morgan fingerprint density at radius 2 is 2.12 bits per heavy atom. The summed E-state index contributed by atoms with van der Waals surface area (Å²) in [6, 6.07) is 0. The topological polar surface area (TPSA) is 55.0 Å². The third-order valence-corrected chi connectivity index (χ3v) is 1.71. The molecule has 94 valence electrons. The molecule has 1 rings (SSSR count). The molecule has 0 bridgehead atoms. The van der Waals surface area contributed by atoms with Crippen LogP contribution in [0.1, 0.15) is 10.5 Å². The third-order valence-electron chi connectivity index (χ3n) is 1.71. The molecule has 1 aromatic rings. The van der Waals surface area contributed by atoms with Crippen LogP contribution in [0, 0.1) is 0 Å². The molecule has 0 aromatic carbocycles. The maximum Gasteiger partial charge on any atom is 0.356 e. The van der Waals surface area contributed by atoms with Crippen LogP contribution in [0.15, 0.2) is 12.5 Å². The summed E-state index contributed by atoms with van der Waals surface area (Å²) in [7, 11) is 6.14. The van der Waals surface area contributed by atoms with E-state index in [4.69, 9.17) is 4.74 Å².